The van der Waals surface area contributed by atoms with Gasteiger partial charge in [0, 0.05) is 76.2 Å². The van der Waals surface area contributed by atoms with Crippen molar-refractivity contribution < 1.29 is 4.74 Å². The molecule has 0 N–H and O–H groups in total. The number of aromatic nitrogens is 2. The van der Waals surface area contributed by atoms with Crippen molar-refractivity contribution in [3.8, 4) is 0 Å². The molecule has 4 rings (SSSR count). The summed E-state index contributed by atoms with van der Waals surface area (Å²) in [4.78, 5) is 14.1. The molecule has 2 fully saturated rings. The fraction of sp³-hybridized carbons (Fsp3) is 0.545. The molecule has 0 amide bonds. The quantitative estimate of drug-likeness (QED) is 0.718. The van der Waals surface area contributed by atoms with Crippen molar-refractivity contribution in [3.05, 3.63) is 59.7 Å². The minimum atomic E-state index is 0.426. The van der Waals surface area contributed by atoms with Gasteiger partial charge in [0.1, 0.15) is 5.82 Å². The van der Waals surface area contributed by atoms with Gasteiger partial charge in [0.15, 0.2) is 0 Å². The standard InChI is InChI=1S/C22H30N4O/c1-27-14-7-21-23-15-19(16-24-21)17-25-10-12-26(13-11-25)18-22(8-9-22)20-5-3-2-4-6-20/h2-6,15-16H,7-14,17-18H2,1H3. The van der Waals surface area contributed by atoms with Crippen LogP contribution in [-0.2, 0) is 23.1 Å². The topological polar surface area (TPSA) is 41.5 Å². The fourth-order valence-corrected chi connectivity index (χ4v) is 4.06. The van der Waals surface area contributed by atoms with E-state index in [2.05, 4.69) is 50.1 Å². The highest BCUT2D eigenvalue weighted by Gasteiger charge is 2.45. The summed E-state index contributed by atoms with van der Waals surface area (Å²) in [5, 5.41) is 0. The first-order valence-corrected chi connectivity index (χ1v) is 10.1. The van der Waals surface area contributed by atoms with Crippen LogP contribution >= 0.6 is 0 Å². The summed E-state index contributed by atoms with van der Waals surface area (Å²) in [6, 6.07) is 11.1. The smallest absolute Gasteiger partial charge is 0.130 e. The van der Waals surface area contributed by atoms with Crippen LogP contribution in [0.3, 0.4) is 0 Å². The summed E-state index contributed by atoms with van der Waals surface area (Å²) in [5.41, 5.74) is 3.15. The zero-order valence-electron chi connectivity index (χ0n) is 16.3. The molecule has 0 unspecified atom stereocenters. The highest BCUT2D eigenvalue weighted by atomic mass is 16.5. The van der Waals surface area contributed by atoms with Gasteiger partial charge >= 0.3 is 0 Å². The van der Waals surface area contributed by atoms with Crippen LogP contribution in [0.25, 0.3) is 0 Å². The molecule has 27 heavy (non-hydrogen) atoms. The molecule has 0 bridgehead atoms. The van der Waals surface area contributed by atoms with Crippen molar-refractivity contribution >= 4 is 0 Å². The lowest BCUT2D eigenvalue weighted by molar-refractivity contribution is 0.119. The lowest BCUT2D eigenvalue weighted by atomic mass is 9.95. The Morgan fingerprint density at radius 2 is 1.63 bits per heavy atom. The van der Waals surface area contributed by atoms with Crippen molar-refractivity contribution in [2.24, 2.45) is 0 Å². The summed E-state index contributed by atoms with van der Waals surface area (Å²) in [5.74, 6) is 0.862. The molecule has 2 heterocycles. The van der Waals surface area contributed by atoms with Gasteiger partial charge in [-0.3, -0.25) is 9.80 Å². The van der Waals surface area contributed by atoms with Crippen LogP contribution in [0.4, 0.5) is 0 Å². The molecule has 1 aromatic carbocycles. The van der Waals surface area contributed by atoms with Gasteiger partial charge in [-0.15, -0.1) is 0 Å². The van der Waals surface area contributed by atoms with Crippen LogP contribution in [0.2, 0.25) is 0 Å². The number of nitrogens with zero attached hydrogens (tertiary/aromatic N) is 4. The second kappa shape index (κ2) is 8.46. The number of piperazine rings is 1. The van der Waals surface area contributed by atoms with E-state index < -0.39 is 0 Å². The van der Waals surface area contributed by atoms with Crippen molar-refractivity contribution in [1.82, 2.24) is 19.8 Å². The highest BCUT2D eigenvalue weighted by Crippen LogP contribution is 2.48. The van der Waals surface area contributed by atoms with Gasteiger partial charge in [-0.05, 0) is 18.4 Å². The molecule has 1 aliphatic heterocycles. The summed E-state index contributed by atoms with van der Waals surface area (Å²) < 4.78 is 5.08. The van der Waals surface area contributed by atoms with Crippen molar-refractivity contribution in [2.45, 2.75) is 31.2 Å². The van der Waals surface area contributed by atoms with Crippen LogP contribution in [0, 0.1) is 0 Å². The van der Waals surface area contributed by atoms with E-state index in [1.165, 1.54) is 30.5 Å². The van der Waals surface area contributed by atoms with Gasteiger partial charge < -0.3 is 4.74 Å². The molecular weight excluding hydrogens is 336 g/mol. The summed E-state index contributed by atoms with van der Waals surface area (Å²) >= 11 is 0. The summed E-state index contributed by atoms with van der Waals surface area (Å²) in [6.07, 6.45) is 7.39. The number of ether oxygens (including phenoxy) is 1. The van der Waals surface area contributed by atoms with Gasteiger partial charge in [-0.1, -0.05) is 30.3 Å². The third kappa shape index (κ3) is 4.72. The predicted molar refractivity (Wildman–Crippen MR) is 107 cm³/mol. The van der Waals surface area contributed by atoms with Crippen LogP contribution in [0.5, 0.6) is 0 Å². The molecule has 1 aliphatic carbocycles. The van der Waals surface area contributed by atoms with E-state index in [0.717, 1.165) is 45.0 Å². The zero-order valence-corrected chi connectivity index (χ0v) is 16.3. The van der Waals surface area contributed by atoms with E-state index in [1.54, 1.807) is 7.11 Å². The number of rotatable bonds is 8. The first-order valence-electron chi connectivity index (χ1n) is 10.1. The lowest BCUT2D eigenvalue weighted by Gasteiger charge is -2.36. The second-order valence-electron chi connectivity index (χ2n) is 7.95. The molecule has 0 spiro atoms. The van der Waals surface area contributed by atoms with Gasteiger partial charge in [-0.25, -0.2) is 9.97 Å². The Morgan fingerprint density at radius 3 is 2.26 bits per heavy atom. The minimum Gasteiger partial charge on any atom is -0.384 e. The van der Waals surface area contributed by atoms with E-state index in [4.69, 9.17) is 4.74 Å². The Balaban J connectivity index is 1.25. The number of hydrogen-bond acceptors (Lipinski definition) is 5. The Labute approximate surface area is 162 Å². The average Bonchev–Trinajstić information content (AvgIpc) is 3.50. The Kier molecular flexibility index (Phi) is 5.81. The Morgan fingerprint density at radius 1 is 0.963 bits per heavy atom. The molecule has 2 aliphatic rings. The van der Waals surface area contributed by atoms with Gasteiger partial charge in [0.25, 0.3) is 0 Å². The third-order valence-corrected chi connectivity index (χ3v) is 5.93. The molecule has 2 aromatic rings. The van der Waals surface area contributed by atoms with Crippen molar-refractivity contribution in [2.75, 3.05) is 46.4 Å². The van der Waals surface area contributed by atoms with Crippen LogP contribution in [0.15, 0.2) is 42.7 Å². The maximum absolute atomic E-state index is 5.08. The van der Waals surface area contributed by atoms with Gasteiger partial charge in [0.05, 0.1) is 6.61 Å². The monoisotopic (exact) mass is 366 g/mol. The van der Waals surface area contributed by atoms with Crippen molar-refractivity contribution in [3.63, 3.8) is 0 Å². The molecule has 1 saturated carbocycles. The summed E-state index contributed by atoms with van der Waals surface area (Å²) in [6.45, 7) is 7.38. The molecule has 144 valence electrons. The maximum Gasteiger partial charge on any atom is 0.130 e. The lowest BCUT2D eigenvalue weighted by Crippen LogP contribution is -2.48. The predicted octanol–water partition coefficient (Wildman–Crippen LogP) is 2.51. The van der Waals surface area contributed by atoms with E-state index in [9.17, 15) is 0 Å². The molecule has 0 atom stereocenters. The fourth-order valence-electron chi connectivity index (χ4n) is 4.06. The van der Waals surface area contributed by atoms with E-state index in [0.29, 0.717) is 12.0 Å². The minimum absolute atomic E-state index is 0.426. The van der Waals surface area contributed by atoms with E-state index >= 15 is 0 Å². The van der Waals surface area contributed by atoms with Crippen LogP contribution in [-0.4, -0.2) is 66.2 Å². The Hall–Kier alpha value is -1.82. The molecule has 0 radical (unpaired) electrons. The number of hydrogen-bond donors (Lipinski definition) is 0. The molecule has 5 heteroatoms. The van der Waals surface area contributed by atoms with Gasteiger partial charge in [0.2, 0.25) is 0 Å². The SMILES string of the molecule is COCCc1ncc(CN2CCN(CC3(c4ccccc4)CC3)CC2)cn1. The third-order valence-electron chi connectivity index (χ3n) is 5.93. The second-order valence-corrected chi connectivity index (χ2v) is 7.95. The average molecular weight is 367 g/mol. The van der Waals surface area contributed by atoms with Gasteiger partial charge in [-0.2, -0.15) is 0 Å². The first kappa shape index (κ1) is 18.5. The Bertz CT molecular complexity index is 707. The summed E-state index contributed by atoms with van der Waals surface area (Å²) in [7, 11) is 1.71. The van der Waals surface area contributed by atoms with E-state index in [1.807, 2.05) is 12.4 Å². The molecular formula is C22H30N4O. The highest BCUT2D eigenvalue weighted by molar-refractivity contribution is 5.31. The van der Waals surface area contributed by atoms with Crippen LogP contribution in [0.1, 0.15) is 29.8 Å². The maximum atomic E-state index is 5.08. The molecule has 1 saturated heterocycles. The van der Waals surface area contributed by atoms with E-state index in [-0.39, 0.29) is 0 Å². The largest absolute Gasteiger partial charge is 0.384 e. The normalized spacial score (nSPS) is 19.9. The van der Waals surface area contributed by atoms with Crippen molar-refractivity contribution in [1.29, 1.82) is 0 Å². The van der Waals surface area contributed by atoms with Crippen LogP contribution < -0.4 is 0 Å². The zero-order chi connectivity index (χ0) is 18.5. The molecule has 5 nitrogen and oxygen atoms in total. The first-order chi connectivity index (χ1) is 13.3. The molecule has 1 aromatic heterocycles. The number of benzene rings is 1. The number of methoxy groups -OCH3 is 1.